The lowest BCUT2D eigenvalue weighted by Crippen LogP contribution is -2.01. The molecule has 0 saturated heterocycles. The van der Waals surface area contributed by atoms with Crippen LogP contribution in [-0.4, -0.2) is 21.3 Å². The second kappa shape index (κ2) is 4.87. The van der Waals surface area contributed by atoms with E-state index in [9.17, 15) is 0 Å². The van der Waals surface area contributed by atoms with E-state index in [-0.39, 0.29) is 6.61 Å². The van der Waals surface area contributed by atoms with Crippen molar-refractivity contribution in [2.24, 2.45) is 7.05 Å². The largest absolute Gasteiger partial charge is 0.396 e. The molecule has 3 nitrogen and oxygen atoms in total. The Bertz CT molecular complexity index is 509. The predicted octanol–water partition coefficient (Wildman–Crippen LogP) is 3.10. The lowest BCUT2D eigenvalue weighted by molar-refractivity contribution is 0.295. The molecular weight excluding hydrogens is 312 g/mol. The Hall–Kier alpha value is -0.360. The summed E-state index contributed by atoms with van der Waals surface area (Å²) in [6.45, 7) is 0.0991. The van der Waals surface area contributed by atoms with Crippen molar-refractivity contribution >= 4 is 38.9 Å². The van der Waals surface area contributed by atoms with Gasteiger partial charge in [0.1, 0.15) is 10.4 Å². The van der Waals surface area contributed by atoms with E-state index in [4.69, 9.17) is 16.7 Å². The van der Waals surface area contributed by atoms with E-state index in [0.29, 0.717) is 6.42 Å². The van der Waals surface area contributed by atoms with Gasteiger partial charge in [-0.05, 0) is 28.1 Å². The van der Waals surface area contributed by atoms with Crippen molar-refractivity contribution in [1.82, 2.24) is 9.55 Å². The first-order valence-corrected chi connectivity index (χ1v) is 6.70. The molecule has 2 heterocycles. The number of rotatable bonds is 3. The van der Waals surface area contributed by atoms with Crippen LogP contribution in [0.4, 0.5) is 0 Å². The molecule has 86 valence electrons. The van der Waals surface area contributed by atoms with Gasteiger partial charge >= 0.3 is 0 Å². The van der Waals surface area contributed by atoms with Crippen LogP contribution in [0.1, 0.15) is 5.82 Å². The highest BCUT2D eigenvalue weighted by atomic mass is 79.9. The zero-order valence-electron chi connectivity index (χ0n) is 8.57. The number of aliphatic hydroxyl groups is 1. The standard InChI is InChI=1S/C10H10BrClN2OS/c1-14-8(4-5-15)13-10(11)9(14)6-2-3-7(12)16-6/h2-3,15H,4-5H2,1H3. The third kappa shape index (κ3) is 2.18. The van der Waals surface area contributed by atoms with Crippen molar-refractivity contribution in [2.75, 3.05) is 6.61 Å². The Morgan fingerprint density at radius 2 is 2.31 bits per heavy atom. The Labute approximate surface area is 111 Å². The minimum Gasteiger partial charge on any atom is -0.396 e. The van der Waals surface area contributed by atoms with Crippen LogP contribution in [0.2, 0.25) is 4.34 Å². The number of hydrogen-bond donors (Lipinski definition) is 1. The second-order valence-corrected chi connectivity index (χ2v) is 5.77. The van der Waals surface area contributed by atoms with E-state index in [1.807, 2.05) is 23.7 Å². The molecule has 0 radical (unpaired) electrons. The Balaban J connectivity index is 2.48. The van der Waals surface area contributed by atoms with Gasteiger partial charge in [0.15, 0.2) is 0 Å². The minimum absolute atomic E-state index is 0.0991. The van der Waals surface area contributed by atoms with Gasteiger partial charge in [0.2, 0.25) is 0 Å². The smallest absolute Gasteiger partial charge is 0.133 e. The van der Waals surface area contributed by atoms with E-state index in [1.165, 1.54) is 11.3 Å². The van der Waals surface area contributed by atoms with Gasteiger partial charge in [0.25, 0.3) is 0 Å². The molecule has 0 aromatic carbocycles. The summed E-state index contributed by atoms with van der Waals surface area (Å²) < 4.78 is 3.52. The highest BCUT2D eigenvalue weighted by molar-refractivity contribution is 9.10. The fraction of sp³-hybridized carbons (Fsp3) is 0.300. The summed E-state index contributed by atoms with van der Waals surface area (Å²) in [5.74, 6) is 0.855. The number of imidazole rings is 1. The van der Waals surface area contributed by atoms with Crippen LogP contribution in [0.15, 0.2) is 16.7 Å². The second-order valence-electron chi connectivity index (χ2n) is 3.30. The van der Waals surface area contributed by atoms with Gasteiger partial charge in [-0.25, -0.2) is 4.98 Å². The number of hydrogen-bond acceptors (Lipinski definition) is 3. The summed E-state index contributed by atoms with van der Waals surface area (Å²) in [5, 5.41) is 8.93. The maximum absolute atomic E-state index is 8.93. The molecule has 6 heteroatoms. The molecule has 0 aliphatic carbocycles. The summed E-state index contributed by atoms with van der Waals surface area (Å²) in [5.41, 5.74) is 1.00. The van der Waals surface area contributed by atoms with Crippen molar-refractivity contribution in [3.63, 3.8) is 0 Å². The van der Waals surface area contributed by atoms with Crippen LogP contribution in [0, 0.1) is 0 Å². The van der Waals surface area contributed by atoms with Crippen molar-refractivity contribution < 1.29 is 5.11 Å². The third-order valence-corrected chi connectivity index (χ3v) is 4.08. The van der Waals surface area contributed by atoms with Crippen molar-refractivity contribution in [2.45, 2.75) is 6.42 Å². The number of thiophene rings is 1. The van der Waals surface area contributed by atoms with Crippen LogP contribution < -0.4 is 0 Å². The molecule has 0 unspecified atom stereocenters. The first-order chi connectivity index (χ1) is 7.63. The molecule has 16 heavy (non-hydrogen) atoms. The van der Waals surface area contributed by atoms with E-state index >= 15 is 0 Å². The van der Waals surface area contributed by atoms with Crippen LogP contribution in [-0.2, 0) is 13.5 Å². The first-order valence-electron chi connectivity index (χ1n) is 4.71. The maximum atomic E-state index is 8.93. The zero-order chi connectivity index (χ0) is 11.7. The summed E-state index contributed by atoms with van der Waals surface area (Å²) >= 11 is 10.9. The number of halogens is 2. The first kappa shape index (κ1) is 12.1. The molecular formula is C10H10BrClN2OS. The van der Waals surface area contributed by atoms with Gasteiger partial charge in [-0.3, -0.25) is 0 Å². The van der Waals surface area contributed by atoms with Crippen molar-refractivity contribution in [3.05, 3.63) is 26.9 Å². The molecule has 2 aromatic heterocycles. The minimum atomic E-state index is 0.0991. The van der Waals surface area contributed by atoms with Gasteiger partial charge in [-0.1, -0.05) is 11.6 Å². The Morgan fingerprint density at radius 3 is 2.88 bits per heavy atom. The van der Waals surface area contributed by atoms with E-state index < -0.39 is 0 Å². The molecule has 0 fully saturated rings. The molecule has 2 rings (SSSR count). The molecule has 0 aliphatic heterocycles. The van der Waals surface area contributed by atoms with Gasteiger partial charge in [-0.15, -0.1) is 11.3 Å². The van der Waals surface area contributed by atoms with Crippen molar-refractivity contribution in [3.8, 4) is 10.6 Å². The Kier molecular flexibility index (Phi) is 3.69. The topological polar surface area (TPSA) is 38.0 Å². The van der Waals surface area contributed by atoms with Gasteiger partial charge < -0.3 is 9.67 Å². The highest BCUT2D eigenvalue weighted by Crippen LogP contribution is 2.35. The van der Waals surface area contributed by atoms with E-state index in [1.54, 1.807) is 0 Å². The lowest BCUT2D eigenvalue weighted by atomic mass is 10.3. The monoisotopic (exact) mass is 320 g/mol. The van der Waals surface area contributed by atoms with Crippen molar-refractivity contribution in [1.29, 1.82) is 0 Å². The average molecular weight is 322 g/mol. The summed E-state index contributed by atoms with van der Waals surface area (Å²) in [6.07, 6.45) is 0.550. The molecule has 0 saturated carbocycles. The molecule has 0 aliphatic rings. The molecule has 0 spiro atoms. The third-order valence-electron chi connectivity index (χ3n) is 2.29. The SMILES string of the molecule is Cn1c(CCO)nc(Br)c1-c1ccc(Cl)s1. The summed E-state index contributed by atoms with van der Waals surface area (Å²) in [6, 6.07) is 3.84. The lowest BCUT2D eigenvalue weighted by Gasteiger charge is -2.02. The van der Waals surface area contributed by atoms with Crippen LogP contribution in [0.25, 0.3) is 10.6 Å². The number of aromatic nitrogens is 2. The number of aliphatic hydroxyl groups excluding tert-OH is 1. The van der Waals surface area contributed by atoms with Gasteiger partial charge in [0, 0.05) is 13.5 Å². The van der Waals surface area contributed by atoms with E-state index in [2.05, 4.69) is 20.9 Å². The normalized spacial score (nSPS) is 11.0. The van der Waals surface area contributed by atoms with Gasteiger partial charge in [0.05, 0.1) is 21.5 Å². The van der Waals surface area contributed by atoms with Gasteiger partial charge in [-0.2, -0.15) is 0 Å². The Morgan fingerprint density at radius 1 is 1.56 bits per heavy atom. The molecule has 0 bridgehead atoms. The predicted molar refractivity (Wildman–Crippen MR) is 70.0 cm³/mol. The average Bonchev–Trinajstić information content (AvgIpc) is 2.74. The molecule has 0 amide bonds. The summed E-state index contributed by atoms with van der Waals surface area (Å²) in [4.78, 5) is 5.43. The zero-order valence-corrected chi connectivity index (χ0v) is 11.7. The molecule has 2 aromatic rings. The van der Waals surface area contributed by atoms with E-state index in [0.717, 1.165) is 25.3 Å². The van der Waals surface area contributed by atoms with Crippen LogP contribution in [0.5, 0.6) is 0 Å². The quantitative estimate of drug-likeness (QED) is 0.943. The fourth-order valence-electron chi connectivity index (χ4n) is 1.54. The molecule has 0 atom stereocenters. The van der Waals surface area contributed by atoms with Crippen LogP contribution >= 0.6 is 38.9 Å². The highest BCUT2D eigenvalue weighted by Gasteiger charge is 2.15. The summed E-state index contributed by atoms with van der Waals surface area (Å²) in [7, 11) is 1.94. The number of nitrogens with zero attached hydrogens (tertiary/aromatic N) is 2. The molecule has 1 N–H and O–H groups in total. The van der Waals surface area contributed by atoms with Crippen LogP contribution in [0.3, 0.4) is 0 Å². The maximum Gasteiger partial charge on any atom is 0.133 e. The fourth-order valence-corrected chi connectivity index (χ4v) is 3.48.